The number of carbonyl (C=O) groups is 1. The first kappa shape index (κ1) is 25.0. The van der Waals surface area contributed by atoms with Gasteiger partial charge in [-0.25, -0.2) is 5.01 Å². The maximum Gasteiger partial charge on any atom is 0.422 e. The Morgan fingerprint density at radius 2 is 1.90 bits per heavy atom. The Morgan fingerprint density at radius 3 is 2.58 bits per heavy atom. The van der Waals surface area contributed by atoms with Crippen molar-refractivity contribution in [3.05, 3.63) is 59.7 Å². The SMILES string of the molecule is CC(=O)Nc1ccc(OCC(F)(F)F)c(CNN2CCCCC2c2ccccc2)c1.Cl. The molecule has 1 aliphatic rings. The topological polar surface area (TPSA) is 53.6 Å². The van der Waals surface area contributed by atoms with Crippen LogP contribution < -0.4 is 15.5 Å². The van der Waals surface area contributed by atoms with Crippen LogP contribution in [0.1, 0.15) is 43.4 Å². The van der Waals surface area contributed by atoms with Crippen LogP contribution in [0.3, 0.4) is 0 Å². The summed E-state index contributed by atoms with van der Waals surface area (Å²) in [4.78, 5) is 11.4. The molecule has 2 N–H and O–H groups in total. The second-order valence-corrected chi connectivity index (χ2v) is 7.36. The van der Waals surface area contributed by atoms with Crippen molar-refractivity contribution in [2.45, 2.75) is 44.9 Å². The van der Waals surface area contributed by atoms with Gasteiger partial charge in [0.1, 0.15) is 5.75 Å². The van der Waals surface area contributed by atoms with E-state index in [4.69, 9.17) is 4.74 Å². The summed E-state index contributed by atoms with van der Waals surface area (Å²) in [6, 6.07) is 15.0. The number of hydrogen-bond donors (Lipinski definition) is 2. The average Bonchev–Trinajstić information content (AvgIpc) is 2.71. The standard InChI is InChI=1S/C22H26F3N3O2.ClH/c1-16(29)27-19-10-11-21(30-15-22(23,24)25)18(13-19)14-26-28-12-6-5-9-20(28)17-7-3-2-4-8-17;/h2-4,7-8,10-11,13,20,26H,5-6,9,12,14-15H2,1H3,(H,27,29);1H. The van der Waals surface area contributed by atoms with Gasteiger partial charge in [-0.15, -0.1) is 12.4 Å². The van der Waals surface area contributed by atoms with Crippen molar-refractivity contribution in [3.63, 3.8) is 0 Å². The summed E-state index contributed by atoms with van der Waals surface area (Å²) < 4.78 is 42.9. The normalized spacial score (nSPS) is 17.0. The van der Waals surface area contributed by atoms with E-state index in [1.165, 1.54) is 24.6 Å². The smallest absolute Gasteiger partial charge is 0.422 e. The van der Waals surface area contributed by atoms with E-state index in [1.807, 2.05) is 18.2 Å². The van der Waals surface area contributed by atoms with Crippen LogP contribution in [-0.2, 0) is 11.3 Å². The Hall–Kier alpha value is -2.29. The van der Waals surface area contributed by atoms with Gasteiger partial charge in [0.25, 0.3) is 0 Å². The molecule has 1 saturated heterocycles. The van der Waals surface area contributed by atoms with Gasteiger partial charge >= 0.3 is 6.18 Å². The molecule has 2 aromatic carbocycles. The van der Waals surface area contributed by atoms with E-state index in [9.17, 15) is 18.0 Å². The molecular formula is C22H27ClF3N3O2. The van der Waals surface area contributed by atoms with Crippen molar-refractivity contribution in [2.75, 3.05) is 18.5 Å². The highest BCUT2D eigenvalue weighted by Crippen LogP contribution is 2.30. The zero-order valence-corrected chi connectivity index (χ0v) is 18.1. The third-order valence-electron chi connectivity index (χ3n) is 4.93. The lowest BCUT2D eigenvalue weighted by molar-refractivity contribution is -0.153. The van der Waals surface area contributed by atoms with E-state index in [1.54, 1.807) is 6.07 Å². The van der Waals surface area contributed by atoms with Crippen LogP contribution >= 0.6 is 12.4 Å². The number of rotatable bonds is 7. The van der Waals surface area contributed by atoms with Gasteiger partial charge in [0.2, 0.25) is 5.91 Å². The maximum absolute atomic E-state index is 12.6. The first-order chi connectivity index (χ1) is 14.3. The molecule has 0 spiro atoms. The largest absolute Gasteiger partial charge is 0.484 e. The van der Waals surface area contributed by atoms with E-state index in [0.29, 0.717) is 11.3 Å². The van der Waals surface area contributed by atoms with Gasteiger partial charge in [-0.3, -0.25) is 10.2 Å². The first-order valence-electron chi connectivity index (χ1n) is 9.97. The number of nitrogens with one attached hydrogen (secondary N) is 2. The van der Waals surface area contributed by atoms with Crippen molar-refractivity contribution in [2.24, 2.45) is 0 Å². The summed E-state index contributed by atoms with van der Waals surface area (Å²) in [5, 5.41) is 4.80. The molecule has 1 amide bonds. The molecule has 0 aromatic heterocycles. The number of carbonyl (C=O) groups excluding carboxylic acids is 1. The van der Waals surface area contributed by atoms with Gasteiger partial charge in [0.15, 0.2) is 6.61 Å². The van der Waals surface area contributed by atoms with E-state index >= 15 is 0 Å². The zero-order valence-electron chi connectivity index (χ0n) is 17.2. The van der Waals surface area contributed by atoms with Crippen LogP contribution in [0, 0.1) is 0 Å². The minimum atomic E-state index is -4.42. The summed E-state index contributed by atoms with van der Waals surface area (Å²) >= 11 is 0. The van der Waals surface area contributed by atoms with Crippen LogP contribution in [0.2, 0.25) is 0 Å². The Labute approximate surface area is 186 Å². The number of hydrogen-bond acceptors (Lipinski definition) is 4. The van der Waals surface area contributed by atoms with Gasteiger partial charge in [-0.05, 0) is 36.6 Å². The number of benzene rings is 2. The Bertz CT molecular complexity index is 850. The summed E-state index contributed by atoms with van der Waals surface area (Å²) in [5.41, 5.74) is 5.62. The number of amides is 1. The lowest BCUT2D eigenvalue weighted by Gasteiger charge is -2.36. The Balaban J connectivity index is 0.00000341. The van der Waals surface area contributed by atoms with Gasteiger partial charge in [0, 0.05) is 37.3 Å². The molecule has 1 atom stereocenters. The Kier molecular flexibility index (Phi) is 9.15. The summed E-state index contributed by atoms with van der Waals surface area (Å²) in [6.45, 7) is 1.13. The highest BCUT2D eigenvalue weighted by atomic mass is 35.5. The van der Waals surface area contributed by atoms with Crippen LogP contribution in [0.5, 0.6) is 5.75 Å². The molecule has 5 nitrogen and oxygen atoms in total. The molecule has 1 aliphatic heterocycles. The zero-order chi connectivity index (χ0) is 21.6. The quantitative estimate of drug-likeness (QED) is 0.597. The molecule has 9 heteroatoms. The molecule has 31 heavy (non-hydrogen) atoms. The van der Waals surface area contributed by atoms with Crippen molar-refractivity contribution in [1.29, 1.82) is 0 Å². The monoisotopic (exact) mass is 457 g/mol. The molecule has 1 heterocycles. The molecule has 1 unspecified atom stereocenters. The number of piperidine rings is 1. The lowest BCUT2D eigenvalue weighted by atomic mass is 9.97. The molecule has 3 rings (SSSR count). The van der Waals surface area contributed by atoms with E-state index < -0.39 is 12.8 Å². The van der Waals surface area contributed by atoms with Crippen LogP contribution in [-0.4, -0.2) is 30.2 Å². The summed E-state index contributed by atoms with van der Waals surface area (Å²) in [7, 11) is 0. The third kappa shape index (κ3) is 7.72. The molecule has 0 radical (unpaired) electrons. The fourth-order valence-corrected chi connectivity index (χ4v) is 3.63. The number of nitrogens with zero attached hydrogens (tertiary/aromatic N) is 1. The van der Waals surface area contributed by atoms with Crippen molar-refractivity contribution < 1.29 is 22.7 Å². The molecule has 2 aromatic rings. The highest BCUT2D eigenvalue weighted by Gasteiger charge is 2.29. The van der Waals surface area contributed by atoms with E-state index in [0.717, 1.165) is 25.8 Å². The van der Waals surface area contributed by atoms with Crippen LogP contribution in [0.4, 0.5) is 18.9 Å². The number of ether oxygens (including phenoxy) is 1. The minimum absolute atomic E-state index is 0. The summed E-state index contributed by atoms with van der Waals surface area (Å²) in [5.74, 6) is -0.111. The molecular weight excluding hydrogens is 431 g/mol. The molecule has 1 fully saturated rings. The van der Waals surface area contributed by atoms with Gasteiger partial charge in [0.05, 0.1) is 0 Å². The van der Waals surface area contributed by atoms with E-state index in [-0.39, 0.29) is 36.7 Å². The average molecular weight is 458 g/mol. The fraction of sp³-hybridized carbons (Fsp3) is 0.409. The predicted molar refractivity (Wildman–Crippen MR) is 116 cm³/mol. The minimum Gasteiger partial charge on any atom is -0.484 e. The fourth-order valence-electron chi connectivity index (χ4n) is 3.63. The molecule has 170 valence electrons. The predicted octanol–water partition coefficient (Wildman–Crippen LogP) is 5.24. The van der Waals surface area contributed by atoms with Crippen molar-refractivity contribution in [1.82, 2.24) is 10.4 Å². The second kappa shape index (κ2) is 11.4. The molecule has 0 aliphatic carbocycles. The van der Waals surface area contributed by atoms with E-state index in [2.05, 4.69) is 27.9 Å². The first-order valence-corrected chi connectivity index (χ1v) is 9.97. The van der Waals surface area contributed by atoms with Gasteiger partial charge in [-0.1, -0.05) is 36.8 Å². The number of anilines is 1. The number of alkyl halides is 3. The lowest BCUT2D eigenvalue weighted by Crippen LogP contribution is -2.43. The van der Waals surface area contributed by atoms with Crippen LogP contribution in [0.25, 0.3) is 0 Å². The van der Waals surface area contributed by atoms with Crippen molar-refractivity contribution >= 4 is 24.0 Å². The van der Waals surface area contributed by atoms with Gasteiger partial charge < -0.3 is 10.1 Å². The second-order valence-electron chi connectivity index (χ2n) is 7.36. The number of halogens is 4. The van der Waals surface area contributed by atoms with Crippen LogP contribution in [0.15, 0.2) is 48.5 Å². The molecule has 0 bridgehead atoms. The summed E-state index contributed by atoms with van der Waals surface area (Å²) in [6.07, 6.45) is -1.26. The maximum atomic E-state index is 12.6. The third-order valence-corrected chi connectivity index (χ3v) is 4.93. The molecule has 0 saturated carbocycles. The highest BCUT2D eigenvalue weighted by molar-refractivity contribution is 5.88. The Morgan fingerprint density at radius 1 is 1.16 bits per heavy atom. The number of hydrazine groups is 1. The van der Waals surface area contributed by atoms with Gasteiger partial charge in [-0.2, -0.15) is 13.2 Å². The van der Waals surface area contributed by atoms with Crippen molar-refractivity contribution in [3.8, 4) is 5.75 Å².